The molecule has 0 saturated heterocycles. The number of aliphatic imine (C=N–C) groups is 1. The molecule has 49 heavy (non-hydrogen) atoms. The zero-order valence-corrected chi connectivity index (χ0v) is 27.1. The SMILES string of the molecule is C/C=C\C=C(/N)c1cc(C2=NCC(c3cccc4oc5c(-c6ccccc6)cc(-c6ccccc6)cc5c34)C=C2)cc(-c2ccccn2)n1. The third kappa shape index (κ3) is 5.87. The van der Waals surface area contributed by atoms with E-state index in [1.54, 1.807) is 6.20 Å². The molecule has 7 aromatic rings. The van der Waals surface area contributed by atoms with Crippen molar-refractivity contribution >= 4 is 33.3 Å². The number of allylic oxidation sites excluding steroid dienone is 4. The Morgan fingerprint density at radius 1 is 0.776 bits per heavy atom. The highest BCUT2D eigenvalue weighted by Crippen LogP contribution is 2.42. The molecule has 2 N–H and O–H groups in total. The molecule has 0 amide bonds. The van der Waals surface area contributed by atoms with E-state index in [1.807, 2.05) is 61.5 Å². The van der Waals surface area contributed by atoms with E-state index in [-0.39, 0.29) is 5.92 Å². The van der Waals surface area contributed by atoms with Gasteiger partial charge in [0, 0.05) is 34.0 Å². The topological polar surface area (TPSA) is 77.3 Å². The molecule has 0 spiro atoms. The lowest BCUT2D eigenvalue weighted by Crippen LogP contribution is -2.12. The normalized spacial score (nSPS) is 14.9. The van der Waals surface area contributed by atoms with E-state index in [0.717, 1.165) is 61.3 Å². The van der Waals surface area contributed by atoms with Crippen molar-refractivity contribution in [1.82, 2.24) is 9.97 Å². The number of hydrogen-bond acceptors (Lipinski definition) is 5. The van der Waals surface area contributed by atoms with Crippen LogP contribution >= 0.6 is 0 Å². The van der Waals surface area contributed by atoms with E-state index in [0.29, 0.717) is 17.9 Å². The third-order valence-corrected chi connectivity index (χ3v) is 8.98. The molecule has 0 radical (unpaired) electrons. The van der Waals surface area contributed by atoms with Gasteiger partial charge in [0.15, 0.2) is 0 Å². The molecule has 1 aliphatic rings. The molecule has 5 nitrogen and oxygen atoms in total. The van der Waals surface area contributed by atoms with Gasteiger partial charge in [-0.1, -0.05) is 97.1 Å². The lowest BCUT2D eigenvalue weighted by atomic mass is 9.90. The fraction of sp³-hybridized carbons (Fsp3) is 0.0682. The second-order valence-electron chi connectivity index (χ2n) is 12.1. The molecule has 5 heteroatoms. The van der Waals surface area contributed by atoms with Crippen molar-refractivity contribution in [1.29, 1.82) is 0 Å². The smallest absolute Gasteiger partial charge is 0.143 e. The summed E-state index contributed by atoms with van der Waals surface area (Å²) in [6.07, 6.45) is 11.9. The van der Waals surface area contributed by atoms with Crippen molar-refractivity contribution in [3.8, 4) is 33.6 Å². The first-order valence-corrected chi connectivity index (χ1v) is 16.5. The molecule has 4 aromatic carbocycles. The maximum absolute atomic E-state index is 6.67. The van der Waals surface area contributed by atoms with Crippen LogP contribution in [-0.2, 0) is 0 Å². The van der Waals surface area contributed by atoms with Crippen LogP contribution in [0.3, 0.4) is 0 Å². The predicted molar refractivity (Wildman–Crippen MR) is 202 cm³/mol. The fourth-order valence-corrected chi connectivity index (χ4v) is 6.56. The highest BCUT2D eigenvalue weighted by molar-refractivity contribution is 6.13. The number of rotatable bonds is 7. The van der Waals surface area contributed by atoms with Crippen LogP contribution in [0.15, 0.2) is 167 Å². The molecule has 0 aliphatic carbocycles. The van der Waals surface area contributed by atoms with Crippen LogP contribution in [0.2, 0.25) is 0 Å². The summed E-state index contributed by atoms with van der Waals surface area (Å²) in [6, 6.07) is 41.8. The number of pyridine rings is 2. The molecule has 0 fully saturated rings. The summed E-state index contributed by atoms with van der Waals surface area (Å²) in [6.45, 7) is 2.56. The molecule has 4 heterocycles. The molecule has 3 aromatic heterocycles. The standard InChI is InChI=1S/C44H34N4O/c1-2-3-18-37(45)40-26-33(27-41(48-40)39-19-10-11-23-46-39)38-22-21-31(28-47-38)34-17-12-20-42-43(34)36-25-32(29-13-6-4-7-14-29)24-35(44(36)49-42)30-15-8-5-9-16-30/h2-27,31H,28,45H2,1H3/b3-2-,37-18-. The highest BCUT2D eigenvalue weighted by Gasteiger charge is 2.22. The number of nitrogens with zero attached hydrogens (tertiary/aromatic N) is 3. The maximum Gasteiger partial charge on any atom is 0.143 e. The molecule has 0 saturated carbocycles. The van der Waals surface area contributed by atoms with E-state index >= 15 is 0 Å². The van der Waals surface area contributed by atoms with E-state index in [1.165, 1.54) is 11.1 Å². The van der Waals surface area contributed by atoms with Crippen molar-refractivity contribution in [2.75, 3.05) is 6.54 Å². The quantitative estimate of drug-likeness (QED) is 0.177. The Morgan fingerprint density at radius 3 is 2.31 bits per heavy atom. The number of hydrogen-bond donors (Lipinski definition) is 1. The zero-order chi connectivity index (χ0) is 33.2. The van der Waals surface area contributed by atoms with E-state index < -0.39 is 0 Å². The van der Waals surface area contributed by atoms with Gasteiger partial charge in [0.2, 0.25) is 0 Å². The number of benzene rings is 4. The number of fused-ring (bicyclic) bond motifs is 3. The highest BCUT2D eigenvalue weighted by atomic mass is 16.3. The Kier molecular flexibility index (Phi) is 8.00. The van der Waals surface area contributed by atoms with Crippen molar-refractivity contribution in [2.45, 2.75) is 12.8 Å². The predicted octanol–water partition coefficient (Wildman–Crippen LogP) is 10.4. The summed E-state index contributed by atoms with van der Waals surface area (Å²) in [5, 5.41) is 2.24. The van der Waals surface area contributed by atoms with Gasteiger partial charge in [0.25, 0.3) is 0 Å². The molecular weight excluding hydrogens is 601 g/mol. The zero-order valence-electron chi connectivity index (χ0n) is 27.1. The third-order valence-electron chi connectivity index (χ3n) is 8.98. The lowest BCUT2D eigenvalue weighted by Gasteiger charge is -2.18. The molecule has 236 valence electrons. The van der Waals surface area contributed by atoms with Crippen LogP contribution < -0.4 is 5.73 Å². The van der Waals surface area contributed by atoms with E-state index in [4.69, 9.17) is 20.1 Å². The maximum atomic E-state index is 6.67. The Balaban J connectivity index is 1.21. The van der Waals surface area contributed by atoms with Gasteiger partial charge in [0.05, 0.1) is 35.0 Å². The number of aromatic nitrogens is 2. The van der Waals surface area contributed by atoms with Gasteiger partial charge in [0.1, 0.15) is 11.2 Å². The van der Waals surface area contributed by atoms with Gasteiger partial charge in [-0.2, -0.15) is 0 Å². The van der Waals surface area contributed by atoms with Crippen LogP contribution in [0.4, 0.5) is 0 Å². The average molecular weight is 635 g/mol. The summed E-state index contributed by atoms with van der Waals surface area (Å²) in [5.74, 6) is 0.0741. The second kappa shape index (κ2) is 13.1. The first-order chi connectivity index (χ1) is 24.2. The van der Waals surface area contributed by atoms with Gasteiger partial charge in [-0.15, -0.1) is 0 Å². The Morgan fingerprint density at radius 2 is 1.57 bits per heavy atom. The molecule has 1 aliphatic heterocycles. The monoisotopic (exact) mass is 634 g/mol. The van der Waals surface area contributed by atoms with Crippen LogP contribution in [-0.4, -0.2) is 22.2 Å². The van der Waals surface area contributed by atoms with Crippen LogP contribution in [0.1, 0.15) is 29.7 Å². The average Bonchev–Trinajstić information content (AvgIpc) is 3.56. The molecule has 0 bridgehead atoms. The van der Waals surface area contributed by atoms with Crippen molar-refractivity contribution in [3.63, 3.8) is 0 Å². The lowest BCUT2D eigenvalue weighted by molar-refractivity contribution is 0.669. The van der Waals surface area contributed by atoms with Gasteiger partial charge in [-0.25, -0.2) is 4.98 Å². The first kappa shape index (κ1) is 30.0. The van der Waals surface area contributed by atoms with E-state index in [9.17, 15) is 0 Å². The van der Waals surface area contributed by atoms with Crippen molar-refractivity contribution < 1.29 is 4.42 Å². The van der Waals surface area contributed by atoms with E-state index in [2.05, 4.69) is 102 Å². The number of nitrogens with two attached hydrogens (primary N) is 1. The number of furan rings is 1. The first-order valence-electron chi connectivity index (χ1n) is 16.5. The van der Waals surface area contributed by atoms with Gasteiger partial charge in [-0.05, 0) is 83.8 Å². The summed E-state index contributed by atoms with van der Waals surface area (Å²) in [4.78, 5) is 14.5. The number of dihydropyridines is 1. The Labute approximate surface area is 285 Å². The molecule has 1 unspecified atom stereocenters. The van der Waals surface area contributed by atoms with Crippen molar-refractivity contribution in [3.05, 3.63) is 175 Å². The van der Waals surface area contributed by atoms with Crippen molar-refractivity contribution in [2.24, 2.45) is 10.7 Å². The summed E-state index contributed by atoms with van der Waals surface area (Å²) < 4.78 is 6.67. The minimum atomic E-state index is 0.0741. The van der Waals surface area contributed by atoms with Gasteiger partial charge >= 0.3 is 0 Å². The largest absolute Gasteiger partial charge is 0.455 e. The minimum Gasteiger partial charge on any atom is -0.455 e. The second-order valence-corrected chi connectivity index (χ2v) is 12.1. The Bertz CT molecular complexity index is 2420. The van der Waals surface area contributed by atoms with Gasteiger partial charge < -0.3 is 10.2 Å². The summed E-state index contributed by atoms with van der Waals surface area (Å²) >= 11 is 0. The molecule has 1 atom stereocenters. The summed E-state index contributed by atoms with van der Waals surface area (Å²) in [5.41, 5.74) is 18.6. The fourth-order valence-electron chi connectivity index (χ4n) is 6.56. The summed E-state index contributed by atoms with van der Waals surface area (Å²) in [7, 11) is 0. The van der Waals surface area contributed by atoms with Crippen LogP contribution in [0.5, 0.6) is 0 Å². The van der Waals surface area contributed by atoms with Crippen LogP contribution in [0, 0.1) is 0 Å². The minimum absolute atomic E-state index is 0.0741. The molecule has 8 rings (SSSR count). The Hall–Kier alpha value is -6.33. The van der Waals surface area contributed by atoms with Crippen LogP contribution in [0.25, 0.3) is 61.3 Å². The van der Waals surface area contributed by atoms with Gasteiger partial charge in [-0.3, -0.25) is 9.98 Å². The molecular formula is C44H34N4O.